The fourth-order valence-corrected chi connectivity index (χ4v) is 0.857. The molecule has 0 bridgehead atoms. The average molecular weight is 137 g/mol. The maximum atomic E-state index is 5.36. The first-order valence-electron chi connectivity index (χ1n) is 3.57. The van der Waals surface area contributed by atoms with E-state index in [1.165, 1.54) is 0 Å². The molecule has 0 saturated heterocycles. The molecule has 54 valence electrons. The van der Waals surface area contributed by atoms with Crippen LogP contribution in [0, 0.1) is 0 Å². The number of pyridine rings is 1. The number of nitrogens with two attached hydrogens (primary N) is 1. The van der Waals surface area contributed by atoms with Crippen LogP contribution in [0.3, 0.4) is 0 Å². The van der Waals surface area contributed by atoms with E-state index >= 15 is 0 Å². The van der Waals surface area contributed by atoms with E-state index in [2.05, 4.69) is 17.0 Å². The standard InChI is InChI=1S/C8H13N2/c9-5-4-8-10-6-2-1-3-7-10/h1-3,6-7H,4-5,8-9H2/q+1. The number of aryl methyl sites for hydroxylation is 1. The summed E-state index contributed by atoms with van der Waals surface area (Å²) in [6, 6.07) is 6.06. The molecule has 0 aliphatic heterocycles. The lowest BCUT2D eigenvalue weighted by Crippen LogP contribution is -2.33. The number of hydrogen-bond acceptors (Lipinski definition) is 1. The molecule has 1 heterocycles. The smallest absolute Gasteiger partial charge is 0.168 e. The SMILES string of the molecule is NCCC[n+]1ccccc1. The zero-order valence-electron chi connectivity index (χ0n) is 6.03. The summed E-state index contributed by atoms with van der Waals surface area (Å²) < 4.78 is 2.13. The summed E-state index contributed by atoms with van der Waals surface area (Å²) in [7, 11) is 0. The van der Waals surface area contributed by atoms with Crippen molar-refractivity contribution < 1.29 is 4.57 Å². The average Bonchev–Trinajstić information content (AvgIpc) is 2.03. The second kappa shape index (κ2) is 4.01. The second-order valence-electron chi connectivity index (χ2n) is 2.26. The van der Waals surface area contributed by atoms with Crippen LogP contribution in [0.2, 0.25) is 0 Å². The minimum atomic E-state index is 0.766. The van der Waals surface area contributed by atoms with Gasteiger partial charge >= 0.3 is 0 Å². The molecule has 0 aromatic carbocycles. The Morgan fingerprint density at radius 2 is 1.80 bits per heavy atom. The van der Waals surface area contributed by atoms with Gasteiger partial charge in [-0.05, 0) is 6.54 Å². The van der Waals surface area contributed by atoms with Crippen LogP contribution in [-0.2, 0) is 6.54 Å². The first-order chi connectivity index (χ1) is 4.93. The van der Waals surface area contributed by atoms with Gasteiger partial charge in [0.2, 0.25) is 0 Å². The first-order valence-corrected chi connectivity index (χ1v) is 3.57. The van der Waals surface area contributed by atoms with Crippen molar-refractivity contribution >= 4 is 0 Å². The topological polar surface area (TPSA) is 29.9 Å². The molecule has 0 aliphatic carbocycles. The first kappa shape index (κ1) is 7.22. The lowest BCUT2D eigenvalue weighted by molar-refractivity contribution is -0.697. The van der Waals surface area contributed by atoms with Crippen LogP contribution in [0.5, 0.6) is 0 Å². The van der Waals surface area contributed by atoms with E-state index in [9.17, 15) is 0 Å². The van der Waals surface area contributed by atoms with E-state index in [0.717, 1.165) is 19.5 Å². The predicted octanol–water partition coefficient (Wildman–Crippen LogP) is 0.323. The van der Waals surface area contributed by atoms with Crippen LogP contribution in [0.25, 0.3) is 0 Å². The molecule has 10 heavy (non-hydrogen) atoms. The van der Waals surface area contributed by atoms with Crippen molar-refractivity contribution in [2.75, 3.05) is 6.54 Å². The molecule has 1 aromatic rings. The highest BCUT2D eigenvalue weighted by molar-refractivity contribution is 4.83. The van der Waals surface area contributed by atoms with Crippen molar-refractivity contribution in [1.82, 2.24) is 0 Å². The minimum Gasteiger partial charge on any atom is -0.330 e. The third-order valence-corrected chi connectivity index (χ3v) is 1.40. The van der Waals surface area contributed by atoms with Crippen molar-refractivity contribution in [3.05, 3.63) is 30.6 Å². The van der Waals surface area contributed by atoms with Crippen LogP contribution in [-0.4, -0.2) is 6.54 Å². The van der Waals surface area contributed by atoms with Gasteiger partial charge in [0.1, 0.15) is 6.54 Å². The minimum absolute atomic E-state index is 0.766. The van der Waals surface area contributed by atoms with Gasteiger partial charge in [0.05, 0.1) is 0 Å². The highest BCUT2D eigenvalue weighted by atomic mass is 14.9. The van der Waals surface area contributed by atoms with Gasteiger partial charge in [-0.3, -0.25) is 0 Å². The zero-order chi connectivity index (χ0) is 7.23. The molecule has 0 amide bonds. The molecular formula is C8H13N2+. The van der Waals surface area contributed by atoms with E-state index in [1.807, 2.05) is 18.2 Å². The summed E-state index contributed by atoms with van der Waals surface area (Å²) in [5.74, 6) is 0. The maximum absolute atomic E-state index is 5.36. The lowest BCUT2D eigenvalue weighted by atomic mass is 10.4. The van der Waals surface area contributed by atoms with Gasteiger partial charge in [-0.1, -0.05) is 6.07 Å². The van der Waals surface area contributed by atoms with Gasteiger partial charge in [0, 0.05) is 18.6 Å². The van der Waals surface area contributed by atoms with Gasteiger partial charge in [0.15, 0.2) is 12.4 Å². The third kappa shape index (κ3) is 2.15. The highest BCUT2D eigenvalue weighted by Crippen LogP contribution is 1.78. The second-order valence-corrected chi connectivity index (χ2v) is 2.26. The Labute approximate surface area is 61.3 Å². The molecule has 0 aliphatic rings. The molecule has 0 unspecified atom stereocenters. The Morgan fingerprint density at radius 3 is 2.40 bits per heavy atom. The summed E-state index contributed by atoms with van der Waals surface area (Å²) in [6.45, 7) is 1.79. The van der Waals surface area contributed by atoms with Crippen molar-refractivity contribution in [3.63, 3.8) is 0 Å². The Bertz CT molecular complexity index is 172. The van der Waals surface area contributed by atoms with Gasteiger partial charge in [-0.15, -0.1) is 0 Å². The normalized spacial score (nSPS) is 9.70. The molecule has 0 fully saturated rings. The number of hydrogen-bond donors (Lipinski definition) is 1. The van der Waals surface area contributed by atoms with Crippen LogP contribution in [0.4, 0.5) is 0 Å². The van der Waals surface area contributed by atoms with E-state index in [1.54, 1.807) is 0 Å². The molecule has 1 aromatic heterocycles. The van der Waals surface area contributed by atoms with Gasteiger partial charge in [-0.25, -0.2) is 4.57 Å². The predicted molar refractivity (Wildman–Crippen MR) is 40.3 cm³/mol. The van der Waals surface area contributed by atoms with Crippen LogP contribution in [0.1, 0.15) is 6.42 Å². The van der Waals surface area contributed by atoms with E-state index in [-0.39, 0.29) is 0 Å². The Hall–Kier alpha value is -0.890. The molecule has 1 rings (SSSR count). The molecule has 0 spiro atoms. The fourth-order valence-electron chi connectivity index (χ4n) is 0.857. The summed E-state index contributed by atoms with van der Waals surface area (Å²) in [5, 5.41) is 0. The van der Waals surface area contributed by atoms with Crippen LogP contribution < -0.4 is 10.3 Å². The third-order valence-electron chi connectivity index (χ3n) is 1.40. The lowest BCUT2D eigenvalue weighted by Gasteiger charge is -1.91. The molecular weight excluding hydrogens is 124 g/mol. The van der Waals surface area contributed by atoms with Crippen molar-refractivity contribution in [3.8, 4) is 0 Å². The van der Waals surface area contributed by atoms with Gasteiger partial charge in [0.25, 0.3) is 0 Å². The van der Waals surface area contributed by atoms with Gasteiger partial charge in [-0.2, -0.15) is 0 Å². The molecule has 0 saturated carbocycles. The molecule has 2 nitrogen and oxygen atoms in total. The van der Waals surface area contributed by atoms with E-state index < -0.39 is 0 Å². The largest absolute Gasteiger partial charge is 0.330 e. The maximum Gasteiger partial charge on any atom is 0.168 e. The van der Waals surface area contributed by atoms with Gasteiger partial charge < -0.3 is 5.73 Å². The summed E-state index contributed by atoms with van der Waals surface area (Å²) >= 11 is 0. The monoisotopic (exact) mass is 137 g/mol. The number of aromatic nitrogens is 1. The van der Waals surface area contributed by atoms with Crippen molar-refractivity contribution in [2.24, 2.45) is 5.73 Å². The number of nitrogens with zero attached hydrogens (tertiary/aromatic N) is 1. The summed E-state index contributed by atoms with van der Waals surface area (Å²) in [6.07, 6.45) is 5.15. The number of rotatable bonds is 3. The highest BCUT2D eigenvalue weighted by Gasteiger charge is 1.93. The van der Waals surface area contributed by atoms with E-state index in [0.29, 0.717) is 0 Å². The Kier molecular flexibility index (Phi) is 2.90. The molecule has 2 N–H and O–H groups in total. The van der Waals surface area contributed by atoms with Crippen LogP contribution >= 0.6 is 0 Å². The van der Waals surface area contributed by atoms with E-state index in [4.69, 9.17) is 5.73 Å². The van der Waals surface area contributed by atoms with Crippen LogP contribution in [0.15, 0.2) is 30.6 Å². The molecule has 0 radical (unpaired) electrons. The Morgan fingerprint density at radius 1 is 1.10 bits per heavy atom. The molecule has 0 atom stereocenters. The summed E-state index contributed by atoms with van der Waals surface area (Å²) in [4.78, 5) is 0. The zero-order valence-corrected chi connectivity index (χ0v) is 6.03. The van der Waals surface area contributed by atoms with Crippen molar-refractivity contribution in [1.29, 1.82) is 0 Å². The Balaban J connectivity index is 2.43. The fraction of sp³-hybridized carbons (Fsp3) is 0.375. The quantitative estimate of drug-likeness (QED) is 0.597. The molecule has 2 heteroatoms. The summed E-state index contributed by atoms with van der Waals surface area (Å²) in [5.41, 5.74) is 5.36. The van der Waals surface area contributed by atoms with Crippen molar-refractivity contribution in [2.45, 2.75) is 13.0 Å².